The minimum Gasteiger partial charge on any atom is -0.461 e. The van der Waals surface area contributed by atoms with Crippen molar-refractivity contribution in [3.8, 4) is 0 Å². The van der Waals surface area contributed by atoms with Crippen molar-refractivity contribution in [3.63, 3.8) is 0 Å². The summed E-state index contributed by atoms with van der Waals surface area (Å²) in [4.78, 5) is 11.3. The number of Topliss-reactive ketones (excluding diaryl/α,β-unsaturated/α-hetero) is 1. The highest BCUT2D eigenvalue weighted by Gasteiger charge is 2.16. The first-order valence-electron chi connectivity index (χ1n) is 3.88. The van der Waals surface area contributed by atoms with Crippen LogP contribution in [0, 0.1) is 6.92 Å². The molecule has 1 aromatic rings. The minimum absolute atomic E-state index is 0.149. The van der Waals surface area contributed by atoms with Crippen molar-refractivity contribution >= 4 is 5.78 Å². The number of rotatable bonds is 4. The van der Waals surface area contributed by atoms with E-state index in [0.717, 1.165) is 0 Å². The molecule has 0 amide bonds. The van der Waals surface area contributed by atoms with E-state index >= 15 is 0 Å². The van der Waals surface area contributed by atoms with Crippen LogP contribution in [0.1, 0.15) is 23.4 Å². The van der Waals surface area contributed by atoms with Gasteiger partial charge in [0.25, 0.3) is 0 Å². The molecule has 0 saturated carbocycles. The number of nitrogens with two attached hydrogens (primary N) is 1. The van der Waals surface area contributed by atoms with Crippen LogP contribution in [-0.4, -0.2) is 11.8 Å². The van der Waals surface area contributed by atoms with Crippen LogP contribution in [-0.2, 0) is 0 Å². The molecule has 1 radical (unpaired) electrons. The summed E-state index contributed by atoms with van der Waals surface area (Å²) < 4.78 is 4.91. The standard InChI is InChI=1S/C9H12NO2/c1-2-4-7(10)9(11)8-5-3-6-12-8/h3,5-7H,1-2,4,10H2. The first-order valence-corrected chi connectivity index (χ1v) is 3.88. The van der Waals surface area contributed by atoms with Crippen molar-refractivity contribution in [2.45, 2.75) is 18.9 Å². The Bertz CT molecular complexity index is 241. The van der Waals surface area contributed by atoms with E-state index in [1.807, 2.05) is 0 Å². The molecule has 0 aliphatic rings. The van der Waals surface area contributed by atoms with Crippen LogP contribution in [0.5, 0.6) is 0 Å². The van der Waals surface area contributed by atoms with Gasteiger partial charge in [0.05, 0.1) is 12.3 Å². The maximum Gasteiger partial charge on any atom is 0.214 e. The van der Waals surface area contributed by atoms with Gasteiger partial charge < -0.3 is 10.2 Å². The van der Waals surface area contributed by atoms with Gasteiger partial charge in [-0.1, -0.05) is 13.3 Å². The molecule has 1 aromatic heterocycles. The highest BCUT2D eigenvalue weighted by atomic mass is 16.3. The predicted molar refractivity (Wildman–Crippen MR) is 45.6 cm³/mol. The lowest BCUT2D eigenvalue weighted by Crippen LogP contribution is -2.29. The second-order valence-electron chi connectivity index (χ2n) is 2.59. The summed E-state index contributed by atoms with van der Waals surface area (Å²) in [7, 11) is 0. The Morgan fingerprint density at radius 2 is 2.50 bits per heavy atom. The molecule has 3 nitrogen and oxygen atoms in total. The fraction of sp³-hybridized carbons (Fsp3) is 0.333. The highest BCUT2D eigenvalue weighted by molar-refractivity contribution is 5.97. The van der Waals surface area contributed by atoms with E-state index in [0.29, 0.717) is 18.6 Å². The first-order chi connectivity index (χ1) is 5.75. The number of carbonyl (C=O) groups excluding carboxylic acids is 1. The van der Waals surface area contributed by atoms with Crippen LogP contribution in [0.4, 0.5) is 0 Å². The Morgan fingerprint density at radius 1 is 1.75 bits per heavy atom. The van der Waals surface area contributed by atoms with Crippen LogP contribution in [0.25, 0.3) is 0 Å². The molecule has 1 atom stereocenters. The lowest BCUT2D eigenvalue weighted by atomic mass is 10.1. The molecule has 1 rings (SSSR count). The number of carbonyl (C=O) groups is 1. The molecule has 12 heavy (non-hydrogen) atoms. The van der Waals surface area contributed by atoms with Gasteiger partial charge in [0.2, 0.25) is 5.78 Å². The average molecular weight is 166 g/mol. The van der Waals surface area contributed by atoms with Crippen LogP contribution in [0.3, 0.4) is 0 Å². The molecule has 0 saturated heterocycles. The molecule has 1 heterocycles. The van der Waals surface area contributed by atoms with Crippen molar-refractivity contribution < 1.29 is 9.21 Å². The predicted octanol–water partition coefficient (Wildman–Crippen LogP) is 1.40. The second kappa shape index (κ2) is 4.07. The Morgan fingerprint density at radius 3 is 3.00 bits per heavy atom. The molecule has 3 heteroatoms. The van der Waals surface area contributed by atoms with Gasteiger partial charge in [0, 0.05) is 0 Å². The molecule has 0 bridgehead atoms. The van der Waals surface area contributed by atoms with Crippen LogP contribution in [0.2, 0.25) is 0 Å². The van der Waals surface area contributed by atoms with Crippen LogP contribution in [0.15, 0.2) is 22.8 Å². The summed E-state index contributed by atoms with van der Waals surface area (Å²) >= 11 is 0. The van der Waals surface area contributed by atoms with Crippen LogP contribution < -0.4 is 5.73 Å². The van der Waals surface area contributed by atoms with Gasteiger partial charge in [-0.2, -0.15) is 0 Å². The van der Waals surface area contributed by atoms with Crippen molar-refractivity contribution in [2.24, 2.45) is 5.73 Å². The number of hydrogen-bond donors (Lipinski definition) is 1. The summed E-state index contributed by atoms with van der Waals surface area (Å²) in [5, 5.41) is 0. The zero-order chi connectivity index (χ0) is 8.97. The highest BCUT2D eigenvalue weighted by Crippen LogP contribution is 2.06. The summed E-state index contributed by atoms with van der Waals surface area (Å²) in [5.74, 6) is 0.180. The minimum atomic E-state index is -0.478. The Labute approximate surface area is 71.6 Å². The molecule has 1 unspecified atom stereocenters. The van der Waals surface area contributed by atoms with Crippen molar-refractivity contribution in [1.82, 2.24) is 0 Å². The lowest BCUT2D eigenvalue weighted by Gasteiger charge is -2.05. The molecule has 2 N–H and O–H groups in total. The quantitative estimate of drug-likeness (QED) is 0.688. The third-order valence-electron chi connectivity index (χ3n) is 1.62. The van der Waals surface area contributed by atoms with Gasteiger partial charge in [0.1, 0.15) is 0 Å². The van der Waals surface area contributed by atoms with Gasteiger partial charge in [-0.05, 0) is 18.6 Å². The largest absolute Gasteiger partial charge is 0.461 e. The first kappa shape index (κ1) is 9.00. The molecular weight excluding hydrogens is 154 g/mol. The van der Waals surface area contributed by atoms with Gasteiger partial charge in [-0.15, -0.1) is 0 Å². The van der Waals surface area contributed by atoms with Gasteiger partial charge in [-0.25, -0.2) is 0 Å². The third kappa shape index (κ3) is 1.95. The summed E-state index contributed by atoms with van der Waals surface area (Å²) in [6, 6.07) is 2.81. The Balaban J connectivity index is 2.59. The summed E-state index contributed by atoms with van der Waals surface area (Å²) in [6.45, 7) is 3.63. The topological polar surface area (TPSA) is 56.2 Å². The summed E-state index contributed by atoms with van der Waals surface area (Å²) in [5.41, 5.74) is 5.57. The molecular formula is C9H12NO2. The van der Waals surface area contributed by atoms with Gasteiger partial charge in [0.15, 0.2) is 5.76 Å². The Hall–Kier alpha value is -1.09. The monoisotopic (exact) mass is 166 g/mol. The lowest BCUT2D eigenvalue weighted by molar-refractivity contribution is 0.0930. The number of hydrogen-bond acceptors (Lipinski definition) is 3. The van der Waals surface area contributed by atoms with E-state index in [-0.39, 0.29) is 5.78 Å². The number of ketones is 1. The van der Waals surface area contributed by atoms with E-state index in [2.05, 4.69) is 6.92 Å². The van der Waals surface area contributed by atoms with Crippen molar-refractivity contribution in [3.05, 3.63) is 31.1 Å². The molecule has 0 aliphatic carbocycles. The molecule has 0 aromatic carbocycles. The van der Waals surface area contributed by atoms with E-state index < -0.39 is 6.04 Å². The van der Waals surface area contributed by atoms with E-state index in [1.54, 1.807) is 12.1 Å². The molecule has 0 spiro atoms. The van der Waals surface area contributed by atoms with E-state index in [9.17, 15) is 4.79 Å². The van der Waals surface area contributed by atoms with Crippen LogP contribution >= 0.6 is 0 Å². The normalized spacial score (nSPS) is 12.8. The zero-order valence-electron chi connectivity index (χ0n) is 6.82. The summed E-state index contributed by atoms with van der Waals surface area (Å²) in [6.07, 6.45) is 2.72. The van der Waals surface area contributed by atoms with Crippen molar-refractivity contribution in [2.75, 3.05) is 0 Å². The smallest absolute Gasteiger partial charge is 0.214 e. The Kier molecular flexibility index (Phi) is 3.05. The SMILES string of the molecule is [CH2]CCC(N)C(=O)c1ccco1. The molecule has 0 fully saturated rings. The number of furan rings is 1. The maximum absolute atomic E-state index is 11.3. The fourth-order valence-electron chi connectivity index (χ4n) is 0.952. The second-order valence-corrected chi connectivity index (χ2v) is 2.59. The zero-order valence-corrected chi connectivity index (χ0v) is 6.82. The molecule has 0 aliphatic heterocycles. The van der Waals surface area contributed by atoms with Gasteiger partial charge >= 0.3 is 0 Å². The third-order valence-corrected chi connectivity index (χ3v) is 1.62. The van der Waals surface area contributed by atoms with Gasteiger partial charge in [-0.3, -0.25) is 4.79 Å². The van der Waals surface area contributed by atoms with E-state index in [4.69, 9.17) is 10.2 Å². The molecule has 65 valence electrons. The van der Waals surface area contributed by atoms with Crippen molar-refractivity contribution in [1.29, 1.82) is 0 Å². The van der Waals surface area contributed by atoms with E-state index in [1.165, 1.54) is 6.26 Å². The maximum atomic E-state index is 11.3. The fourth-order valence-corrected chi connectivity index (χ4v) is 0.952. The average Bonchev–Trinajstić information content (AvgIpc) is 2.55.